The van der Waals surface area contributed by atoms with Gasteiger partial charge < -0.3 is 10.1 Å². The fourth-order valence-corrected chi connectivity index (χ4v) is 2.46. The second kappa shape index (κ2) is 6.38. The van der Waals surface area contributed by atoms with Crippen molar-refractivity contribution in [3.8, 4) is 5.75 Å². The average molecular weight is 262 g/mol. The average Bonchev–Trinajstić information content (AvgIpc) is 3.20. The molecule has 1 aromatic heterocycles. The Labute approximate surface area is 116 Å². The standard InChI is InChI=1S/C16H26N2O/c1-11(9-17-14-6-7-14)5-8-15-13(3)16(19-4)12(2)10-18-15/h10-11,14,17H,5-9H2,1-4H3. The van der Waals surface area contributed by atoms with E-state index in [1.807, 2.05) is 13.1 Å². The summed E-state index contributed by atoms with van der Waals surface area (Å²) in [4.78, 5) is 4.57. The van der Waals surface area contributed by atoms with Crippen molar-refractivity contribution >= 4 is 0 Å². The van der Waals surface area contributed by atoms with E-state index in [1.165, 1.54) is 30.5 Å². The van der Waals surface area contributed by atoms with Crippen LogP contribution in [0, 0.1) is 19.8 Å². The van der Waals surface area contributed by atoms with Crippen LogP contribution in [0.4, 0.5) is 0 Å². The zero-order valence-corrected chi connectivity index (χ0v) is 12.6. The van der Waals surface area contributed by atoms with Gasteiger partial charge >= 0.3 is 0 Å². The van der Waals surface area contributed by atoms with Gasteiger partial charge in [0.1, 0.15) is 5.75 Å². The lowest BCUT2D eigenvalue weighted by atomic mass is 10.0. The molecule has 19 heavy (non-hydrogen) atoms. The van der Waals surface area contributed by atoms with Gasteiger partial charge in [0.25, 0.3) is 0 Å². The Morgan fingerprint density at radius 1 is 1.42 bits per heavy atom. The van der Waals surface area contributed by atoms with Crippen molar-refractivity contribution < 1.29 is 4.74 Å². The highest BCUT2D eigenvalue weighted by atomic mass is 16.5. The van der Waals surface area contributed by atoms with Crippen LogP contribution >= 0.6 is 0 Å². The van der Waals surface area contributed by atoms with Gasteiger partial charge in [-0.25, -0.2) is 0 Å². The van der Waals surface area contributed by atoms with Crippen molar-refractivity contribution in [1.29, 1.82) is 0 Å². The molecule has 106 valence electrons. The molecule has 2 rings (SSSR count). The minimum atomic E-state index is 0.703. The van der Waals surface area contributed by atoms with Crippen LogP contribution in [-0.2, 0) is 6.42 Å². The molecular formula is C16H26N2O. The smallest absolute Gasteiger partial charge is 0.128 e. The van der Waals surface area contributed by atoms with Gasteiger partial charge in [-0.1, -0.05) is 6.92 Å². The number of methoxy groups -OCH3 is 1. The SMILES string of the molecule is COc1c(C)cnc(CCC(C)CNC2CC2)c1C. The Morgan fingerprint density at radius 2 is 2.16 bits per heavy atom. The molecule has 1 aromatic rings. The van der Waals surface area contributed by atoms with E-state index in [0.717, 1.165) is 30.3 Å². The molecule has 1 saturated carbocycles. The summed E-state index contributed by atoms with van der Waals surface area (Å²) < 4.78 is 5.46. The normalized spacial score (nSPS) is 16.4. The number of ether oxygens (including phenoxy) is 1. The molecule has 0 saturated heterocycles. The van der Waals surface area contributed by atoms with Crippen LogP contribution in [0.15, 0.2) is 6.20 Å². The van der Waals surface area contributed by atoms with Gasteiger partial charge in [0.15, 0.2) is 0 Å². The summed E-state index contributed by atoms with van der Waals surface area (Å²) in [5.74, 6) is 1.70. The third kappa shape index (κ3) is 3.93. The molecule has 0 bridgehead atoms. The van der Waals surface area contributed by atoms with Crippen LogP contribution in [0.25, 0.3) is 0 Å². The highest BCUT2D eigenvalue weighted by Crippen LogP contribution is 2.25. The summed E-state index contributed by atoms with van der Waals surface area (Å²) in [7, 11) is 1.74. The van der Waals surface area contributed by atoms with Crippen LogP contribution in [-0.4, -0.2) is 24.7 Å². The Balaban J connectivity index is 1.87. The molecule has 0 radical (unpaired) electrons. The van der Waals surface area contributed by atoms with Gasteiger partial charge in [0.2, 0.25) is 0 Å². The number of rotatable bonds is 7. The first-order valence-corrected chi connectivity index (χ1v) is 7.34. The quantitative estimate of drug-likeness (QED) is 0.820. The summed E-state index contributed by atoms with van der Waals surface area (Å²) in [6, 6.07) is 0.807. The monoisotopic (exact) mass is 262 g/mol. The second-order valence-electron chi connectivity index (χ2n) is 5.87. The highest BCUT2D eigenvalue weighted by molar-refractivity contribution is 5.41. The summed E-state index contributed by atoms with van der Waals surface area (Å²) in [6.07, 6.45) is 6.87. The maximum Gasteiger partial charge on any atom is 0.128 e. The third-order valence-corrected chi connectivity index (χ3v) is 3.96. The Hall–Kier alpha value is -1.09. The van der Waals surface area contributed by atoms with Gasteiger partial charge in [-0.15, -0.1) is 0 Å². The van der Waals surface area contributed by atoms with E-state index in [2.05, 4.69) is 24.1 Å². The minimum Gasteiger partial charge on any atom is -0.496 e. The molecule has 1 aliphatic rings. The van der Waals surface area contributed by atoms with E-state index in [9.17, 15) is 0 Å². The van der Waals surface area contributed by atoms with E-state index in [0.29, 0.717) is 5.92 Å². The Kier molecular flexibility index (Phi) is 4.81. The number of nitrogens with zero attached hydrogens (tertiary/aromatic N) is 1. The molecule has 1 aliphatic carbocycles. The zero-order valence-electron chi connectivity index (χ0n) is 12.6. The van der Waals surface area contributed by atoms with Crippen LogP contribution in [0.1, 0.15) is 43.0 Å². The molecule has 0 aromatic carbocycles. The van der Waals surface area contributed by atoms with Crippen LogP contribution < -0.4 is 10.1 Å². The van der Waals surface area contributed by atoms with Gasteiger partial charge in [-0.3, -0.25) is 4.98 Å². The van der Waals surface area contributed by atoms with E-state index >= 15 is 0 Å². The maximum absolute atomic E-state index is 5.46. The predicted octanol–water partition coefficient (Wildman–Crippen LogP) is 3.03. The minimum absolute atomic E-state index is 0.703. The van der Waals surface area contributed by atoms with Crippen LogP contribution in [0.2, 0.25) is 0 Å². The lowest BCUT2D eigenvalue weighted by molar-refractivity contribution is 0.406. The molecule has 0 amide bonds. The molecule has 1 atom stereocenters. The molecule has 1 N–H and O–H groups in total. The first-order valence-electron chi connectivity index (χ1n) is 7.34. The summed E-state index contributed by atoms with van der Waals surface area (Å²) in [6.45, 7) is 7.61. The van der Waals surface area contributed by atoms with E-state index in [1.54, 1.807) is 7.11 Å². The van der Waals surface area contributed by atoms with Gasteiger partial charge in [-0.2, -0.15) is 0 Å². The van der Waals surface area contributed by atoms with Gasteiger partial charge in [0, 0.05) is 29.1 Å². The number of aromatic nitrogens is 1. The van der Waals surface area contributed by atoms with Crippen molar-refractivity contribution in [1.82, 2.24) is 10.3 Å². The van der Waals surface area contributed by atoms with E-state index in [-0.39, 0.29) is 0 Å². The zero-order chi connectivity index (χ0) is 13.8. The second-order valence-corrected chi connectivity index (χ2v) is 5.87. The first kappa shape index (κ1) is 14.3. The number of nitrogens with one attached hydrogen (secondary N) is 1. The maximum atomic E-state index is 5.46. The van der Waals surface area contributed by atoms with Crippen molar-refractivity contribution in [2.45, 2.75) is 52.5 Å². The summed E-state index contributed by atoms with van der Waals surface area (Å²) >= 11 is 0. The molecule has 3 nitrogen and oxygen atoms in total. The summed E-state index contributed by atoms with van der Waals surface area (Å²) in [5.41, 5.74) is 3.50. The van der Waals surface area contributed by atoms with Crippen LogP contribution in [0.5, 0.6) is 5.75 Å². The van der Waals surface area contributed by atoms with Crippen LogP contribution in [0.3, 0.4) is 0 Å². The molecule has 0 spiro atoms. The predicted molar refractivity (Wildman–Crippen MR) is 78.8 cm³/mol. The number of hydrogen-bond acceptors (Lipinski definition) is 3. The number of aryl methyl sites for hydroxylation is 2. The number of hydrogen-bond donors (Lipinski definition) is 1. The molecule has 0 aliphatic heterocycles. The lowest BCUT2D eigenvalue weighted by Gasteiger charge is -2.15. The highest BCUT2D eigenvalue weighted by Gasteiger charge is 2.20. The van der Waals surface area contributed by atoms with E-state index < -0.39 is 0 Å². The first-order chi connectivity index (χ1) is 9.11. The van der Waals surface area contributed by atoms with Crippen molar-refractivity contribution in [3.63, 3.8) is 0 Å². The van der Waals surface area contributed by atoms with Crippen molar-refractivity contribution in [2.75, 3.05) is 13.7 Å². The van der Waals surface area contributed by atoms with Crippen molar-refractivity contribution in [3.05, 3.63) is 23.0 Å². The Morgan fingerprint density at radius 3 is 2.79 bits per heavy atom. The van der Waals surface area contributed by atoms with E-state index in [4.69, 9.17) is 4.74 Å². The molecular weight excluding hydrogens is 236 g/mol. The molecule has 1 heterocycles. The molecule has 3 heteroatoms. The topological polar surface area (TPSA) is 34.1 Å². The fourth-order valence-electron chi connectivity index (χ4n) is 2.46. The largest absolute Gasteiger partial charge is 0.496 e. The molecule has 1 fully saturated rings. The van der Waals surface area contributed by atoms with Gasteiger partial charge in [0.05, 0.1) is 7.11 Å². The van der Waals surface area contributed by atoms with Crippen molar-refractivity contribution in [2.24, 2.45) is 5.92 Å². The number of pyridine rings is 1. The fraction of sp³-hybridized carbons (Fsp3) is 0.688. The lowest BCUT2D eigenvalue weighted by Crippen LogP contribution is -2.23. The third-order valence-electron chi connectivity index (χ3n) is 3.96. The summed E-state index contributed by atoms with van der Waals surface area (Å²) in [5, 5.41) is 3.59. The molecule has 1 unspecified atom stereocenters. The Bertz CT molecular complexity index is 427. The van der Waals surface area contributed by atoms with Gasteiger partial charge in [-0.05, 0) is 52.0 Å².